The second kappa shape index (κ2) is 21.1. The number of hydrogen-bond acceptors (Lipinski definition) is 8. The molecule has 0 unspecified atom stereocenters. The van der Waals surface area contributed by atoms with E-state index >= 15 is 0 Å². The van der Waals surface area contributed by atoms with Gasteiger partial charge in [-0.05, 0) is 81.6 Å². The van der Waals surface area contributed by atoms with Gasteiger partial charge in [-0.25, -0.2) is 0 Å². The minimum Gasteiger partial charge on any atom is -0.496 e. The van der Waals surface area contributed by atoms with Crippen molar-refractivity contribution >= 4 is 17.8 Å². The van der Waals surface area contributed by atoms with Gasteiger partial charge in [-0.3, -0.25) is 25.0 Å². The van der Waals surface area contributed by atoms with Gasteiger partial charge in [0.05, 0.1) is 24.1 Å². The minimum absolute atomic E-state index is 0. The molecule has 0 fully saturated rings. The Hall–Kier alpha value is -6.85. The number of nitro benzene ring substituents is 2. The van der Waals surface area contributed by atoms with E-state index in [4.69, 9.17) is 15.2 Å². The molecule has 3 N–H and O–H groups in total. The molecule has 0 aliphatic carbocycles. The fourth-order valence-electron chi connectivity index (χ4n) is 6.18. The van der Waals surface area contributed by atoms with Gasteiger partial charge in [0.25, 0.3) is 11.4 Å². The molecule has 0 radical (unpaired) electrons. The number of carbonyl (C=O) groups excluding carboxylic acids is 1. The van der Waals surface area contributed by atoms with Crippen molar-refractivity contribution in [2.75, 3.05) is 14.2 Å². The number of methoxy groups -OCH3 is 2. The summed E-state index contributed by atoms with van der Waals surface area (Å²) in [6.45, 7) is 0.956. The molecule has 0 aliphatic rings. The van der Waals surface area contributed by atoms with E-state index in [0.29, 0.717) is 37.4 Å². The maximum atomic E-state index is 11.1. The van der Waals surface area contributed by atoms with Crippen molar-refractivity contribution in [1.82, 2.24) is 5.32 Å². The summed E-state index contributed by atoms with van der Waals surface area (Å²) in [6, 6.07) is 40.8. The largest absolute Gasteiger partial charge is 0.496 e. The van der Waals surface area contributed by atoms with E-state index in [1.165, 1.54) is 17.7 Å². The van der Waals surface area contributed by atoms with Gasteiger partial charge in [-0.2, -0.15) is 0 Å². The number of ether oxygens (including phenoxy) is 2. The first-order valence-electron chi connectivity index (χ1n) is 17.1. The Morgan fingerprint density at radius 1 is 0.589 bits per heavy atom. The van der Waals surface area contributed by atoms with Crippen molar-refractivity contribution in [3.05, 3.63) is 187 Å². The van der Waals surface area contributed by atoms with E-state index in [2.05, 4.69) is 11.4 Å². The van der Waals surface area contributed by atoms with Crippen LogP contribution in [0.4, 0.5) is 11.4 Å². The first-order chi connectivity index (χ1) is 26.2. The molecule has 290 valence electrons. The summed E-state index contributed by atoms with van der Waals surface area (Å²) in [5.74, 6) is 1.33. The van der Waals surface area contributed by atoms with Gasteiger partial charge in [0.2, 0.25) is 6.41 Å². The maximum absolute atomic E-state index is 11.1. The van der Waals surface area contributed by atoms with Gasteiger partial charge in [-0.15, -0.1) is 0 Å². The van der Waals surface area contributed by atoms with Gasteiger partial charge >= 0.3 is 0 Å². The van der Waals surface area contributed by atoms with Crippen molar-refractivity contribution in [1.29, 1.82) is 0 Å². The predicted molar refractivity (Wildman–Crippen MR) is 223 cm³/mol. The molecule has 6 rings (SSSR count). The molecular formula is C45H48N4O7. The molecule has 0 aromatic heterocycles. The van der Waals surface area contributed by atoms with Crippen LogP contribution in [0.1, 0.15) is 48.2 Å². The predicted octanol–water partition coefficient (Wildman–Crippen LogP) is 9.70. The van der Waals surface area contributed by atoms with Gasteiger partial charge in [0, 0.05) is 48.5 Å². The number of carbonyl (C=O) groups is 1. The summed E-state index contributed by atoms with van der Waals surface area (Å²) in [5, 5.41) is 24.9. The Kier molecular flexibility index (Phi) is 16.4. The summed E-state index contributed by atoms with van der Waals surface area (Å²) in [5.41, 5.74) is 15.6. The van der Waals surface area contributed by atoms with Crippen LogP contribution in [0, 0.1) is 20.2 Å². The van der Waals surface area contributed by atoms with Crippen LogP contribution in [0.2, 0.25) is 0 Å². The third-order valence-electron chi connectivity index (χ3n) is 8.89. The Labute approximate surface area is 328 Å². The molecule has 56 heavy (non-hydrogen) atoms. The number of amides is 1. The van der Waals surface area contributed by atoms with Crippen molar-refractivity contribution < 1.29 is 24.1 Å². The lowest BCUT2D eigenvalue weighted by Gasteiger charge is -2.13. The molecule has 1 amide bonds. The van der Waals surface area contributed by atoms with Crippen LogP contribution >= 0.6 is 0 Å². The van der Waals surface area contributed by atoms with E-state index in [0.717, 1.165) is 56.5 Å². The van der Waals surface area contributed by atoms with Crippen LogP contribution in [-0.2, 0) is 30.7 Å². The fourth-order valence-corrected chi connectivity index (χ4v) is 6.18. The van der Waals surface area contributed by atoms with Gasteiger partial charge in [0.1, 0.15) is 11.5 Å². The zero-order valence-corrected chi connectivity index (χ0v) is 29.9. The van der Waals surface area contributed by atoms with E-state index in [1.807, 2.05) is 91.0 Å². The highest BCUT2D eigenvalue weighted by Gasteiger charge is 2.14. The Balaban J connectivity index is 0.000000291. The SMILES string of the molecule is C.C.COc1ccc(Cc2ccccc2CN)cc1-c1cccc([N+](=O)[O-])c1.COc1ccc(Cc2ccccc2CNC=O)cc1-c1cccc([N+](=O)[O-])c1. The average molecular weight is 757 g/mol. The molecule has 6 aromatic rings. The molecule has 0 saturated carbocycles. The number of rotatable bonds is 14. The Bertz CT molecular complexity index is 2260. The number of hydrogen-bond donors (Lipinski definition) is 2. The third-order valence-corrected chi connectivity index (χ3v) is 8.89. The lowest BCUT2D eigenvalue weighted by atomic mass is 9.96. The summed E-state index contributed by atoms with van der Waals surface area (Å²) in [7, 11) is 3.18. The molecule has 0 aliphatic heterocycles. The van der Waals surface area contributed by atoms with Gasteiger partial charge < -0.3 is 20.5 Å². The highest BCUT2D eigenvalue weighted by molar-refractivity contribution is 5.74. The summed E-state index contributed by atoms with van der Waals surface area (Å²) in [6.07, 6.45) is 2.09. The molecule has 11 nitrogen and oxygen atoms in total. The number of nitrogens with one attached hydrogen (secondary N) is 1. The van der Waals surface area contributed by atoms with Crippen LogP contribution < -0.4 is 20.5 Å². The van der Waals surface area contributed by atoms with E-state index in [9.17, 15) is 25.0 Å². The molecule has 6 aromatic carbocycles. The molecule has 0 spiro atoms. The lowest BCUT2D eigenvalue weighted by molar-refractivity contribution is -0.385. The number of benzene rings is 6. The molecule has 0 bridgehead atoms. The van der Waals surface area contributed by atoms with Gasteiger partial charge in [0.15, 0.2) is 0 Å². The van der Waals surface area contributed by atoms with Crippen LogP contribution in [0.5, 0.6) is 11.5 Å². The second-order valence-electron chi connectivity index (χ2n) is 12.3. The van der Waals surface area contributed by atoms with Crippen molar-refractivity contribution in [3.63, 3.8) is 0 Å². The van der Waals surface area contributed by atoms with Crippen LogP contribution in [0.3, 0.4) is 0 Å². The summed E-state index contributed by atoms with van der Waals surface area (Å²) in [4.78, 5) is 32.0. The lowest BCUT2D eigenvalue weighted by Crippen LogP contribution is -2.11. The van der Waals surface area contributed by atoms with E-state index < -0.39 is 9.85 Å². The zero-order valence-electron chi connectivity index (χ0n) is 29.9. The monoisotopic (exact) mass is 756 g/mol. The highest BCUT2D eigenvalue weighted by atomic mass is 16.6. The van der Waals surface area contributed by atoms with Crippen LogP contribution in [-0.4, -0.2) is 30.5 Å². The Morgan fingerprint density at radius 2 is 1.02 bits per heavy atom. The van der Waals surface area contributed by atoms with Crippen LogP contribution in [0.15, 0.2) is 133 Å². The first kappa shape index (κ1) is 43.6. The first-order valence-corrected chi connectivity index (χ1v) is 17.1. The smallest absolute Gasteiger partial charge is 0.270 e. The number of nitrogens with two attached hydrogens (primary N) is 1. The number of nitrogens with zero attached hydrogens (tertiary/aromatic N) is 2. The molecular weight excluding hydrogens is 709 g/mol. The third kappa shape index (κ3) is 11.1. The maximum Gasteiger partial charge on any atom is 0.270 e. The quantitative estimate of drug-likeness (QED) is 0.0631. The van der Waals surface area contributed by atoms with Crippen LogP contribution in [0.25, 0.3) is 22.3 Å². The molecule has 0 atom stereocenters. The van der Waals surface area contributed by atoms with Crippen molar-refractivity contribution in [3.8, 4) is 33.8 Å². The molecule has 0 heterocycles. The standard InChI is InChI=1S/C22H20N2O4.C21H20N2O3.2CH4/c1-28-22-10-9-16(11-17-5-2-3-6-19(17)14-23-15-25)12-21(22)18-7-4-8-20(13-18)24(26)27;1-26-21-10-9-15(11-16-5-2-3-6-18(16)14-22)12-20(21)17-7-4-8-19(13-17)23(24)25;;/h2-10,12-13,15H,11,14H2,1H3,(H,23,25);2-10,12-13H,11,14,22H2,1H3;2*1H4. The van der Waals surface area contributed by atoms with E-state index in [1.54, 1.807) is 38.5 Å². The molecule has 11 heteroatoms. The summed E-state index contributed by atoms with van der Waals surface area (Å²) < 4.78 is 10.9. The zero-order chi connectivity index (χ0) is 38.5. The highest BCUT2D eigenvalue weighted by Crippen LogP contribution is 2.35. The fraction of sp³-hybridized carbons (Fsp3) is 0.178. The van der Waals surface area contributed by atoms with E-state index in [-0.39, 0.29) is 26.2 Å². The normalized spacial score (nSPS) is 10.1. The number of non-ortho nitro benzene ring substituents is 2. The second-order valence-corrected chi connectivity index (χ2v) is 12.3. The average Bonchev–Trinajstić information content (AvgIpc) is 3.21. The Morgan fingerprint density at radius 3 is 1.43 bits per heavy atom. The summed E-state index contributed by atoms with van der Waals surface area (Å²) >= 11 is 0. The minimum atomic E-state index is -0.407. The topological polar surface area (TPSA) is 160 Å². The van der Waals surface area contributed by atoms with Crippen molar-refractivity contribution in [2.45, 2.75) is 40.8 Å². The number of nitro groups is 2. The van der Waals surface area contributed by atoms with Crippen molar-refractivity contribution in [2.24, 2.45) is 5.73 Å². The molecule has 0 saturated heterocycles. The van der Waals surface area contributed by atoms with Gasteiger partial charge in [-0.1, -0.05) is 99.8 Å².